The fraction of sp³-hybridized carbons (Fsp3) is 0.316. The third-order valence-electron chi connectivity index (χ3n) is 3.43. The number of rotatable bonds is 9. The molecule has 5 nitrogen and oxygen atoms in total. The molecule has 0 aliphatic heterocycles. The van der Waals surface area contributed by atoms with E-state index < -0.39 is 0 Å². The minimum Gasteiger partial charge on any atom is -0.491 e. The zero-order valence-corrected chi connectivity index (χ0v) is 14.0. The Morgan fingerprint density at radius 3 is 2.62 bits per heavy atom. The van der Waals surface area contributed by atoms with E-state index in [4.69, 9.17) is 15.2 Å². The average molecular weight is 328 g/mol. The number of nitrogens with one attached hydrogen (secondary N) is 1. The average Bonchev–Trinajstić information content (AvgIpc) is 2.58. The standard InChI is InChI=1S/C19H24N2O3/c1-2-23-12-13-24-18-9-7-17(8-10-18)21-19(22)11-6-15-4-3-5-16(20)14-15/h3-5,7-10,14H,2,6,11-13,20H2,1H3,(H,21,22). The van der Waals surface area contributed by atoms with Crippen LogP contribution in [0.3, 0.4) is 0 Å². The summed E-state index contributed by atoms with van der Waals surface area (Å²) in [4.78, 5) is 12.0. The van der Waals surface area contributed by atoms with Crippen molar-refractivity contribution in [3.63, 3.8) is 0 Å². The summed E-state index contributed by atoms with van der Waals surface area (Å²) < 4.78 is 10.7. The summed E-state index contributed by atoms with van der Waals surface area (Å²) in [5.41, 5.74) is 8.26. The van der Waals surface area contributed by atoms with Crippen molar-refractivity contribution in [1.82, 2.24) is 0 Å². The maximum atomic E-state index is 12.0. The lowest BCUT2D eigenvalue weighted by molar-refractivity contribution is -0.116. The van der Waals surface area contributed by atoms with E-state index >= 15 is 0 Å². The van der Waals surface area contributed by atoms with Crippen LogP contribution in [0.5, 0.6) is 5.75 Å². The largest absolute Gasteiger partial charge is 0.491 e. The van der Waals surface area contributed by atoms with Crippen molar-refractivity contribution in [1.29, 1.82) is 0 Å². The molecule has 5 heteroatoms. The molecule has 0 heterocycles. The highest BCUT2D eigenvalue weighted by Crippen LogP contribution is 2.16. The van der Waals surface area contributed by atoms with Gasteiger partial charge in [-0.15, -0.1) is 0 Å². The van der Waals surface area contributed by atoms with Gasteiger partial charge < -0.3 is 20.5 Å². The number of carbonyl (C=O) groups is 1. The van der Waals surface area contributed by atoms with Crippen molar-refractivity contribution >= 4 is 17.3 Å². The number of aryl methyl sites for hydroxylation is 1. The second-order valence-electron chi connectivity index (χ2n) is 5.36. The number of benzene rings is 2. The lowest BCUT2D eigenvalue weighted by Gasteiger charge is -2.08. The van der Waals surface area contributed by atoms with Crippen LogP contribution in [0.4, 0.5) is 11.4 Å². The summed E-state index contributed by atoms with van der Waals surface area (Å²) in [7, 11) is 0. The van der Waals surface area contributed by atoms with Crippen molar-refractivity contribution in [2.75, 3.05) is 30.9 Å². The summed E-state index contributed by atoms with van der Waals surface area (Å²) >= 11 is 0. The molecule has 0 aromatic heterocycles. The van der Waals surface area contributed by atoms with Crippen molar-refractivity contribution in [2.24, 2.45) is 0 Å². The van der Waals surface area contributed by atoms with E-state index in [0.717, 1.165) is 17.0 Å². The molecule has 2 aromatic rings. The normalized spacial score (nSPS) is 10.4. The molecule has 0 fully saturated rings. The molecular weight excluding hydrogens is 304 g/mol. The first-order valence-electron chi connectivity index (χ1n) is 8.12. The zero-order chi connectivity index (χ0) is 17.2. The Hall–Kier alpha value is -2.53. The van der Waals surface area contributed by atoms with E-state index in [1.807, 2.05) is 55.5 Å². The van der Waals surface area contributed by atoms with E-state index in [0.29, 0.717) is 38.3 Å². The number of nitrogen functional groups attached to an aromatic ring is 1. The van der Waals surface area contributed by atoms with Crippen LogP contribution in [0.15, 0.2) is 48.5 Å². The number of hydrogen-bond donors (Lipinski definition) is 2. The summed E-state index contributed by atoms with van der Waals surface area (Å²) in [6.07, 6.45) is 1.07. The van der Waals surface area contributed by atoms with E-state index in [1.165, 1.54) is 0 Å². The predicted molar refractivity (Wildman–Crippen MR) is 96.2 cm³/mol. The molecule has 3 N–H and O–H groups in total. The molecule has 24 heavy (non-hydrogen) atoms. The molecule has 128 valence electrons. The number of amides is 1. The van der Waals surface area contributed by atoms with E-state index in [2.05, 4.69) is 5.32 Å². The van der Waals surface area contributed by atoms with E-state index in [9.17, 15) is 4.79 Å². The first-order valence-corrected chi connectivity index (χ1v) is 8.12. The van der Waals surface area contributed by atoms with E-state index in [1.54, 1.807) is 0 Å². The lowest BCUT2D eigenvalue weighted by Crippen LogP contribution is -2.12. The van der Waals surface area contributed by atoms with Gasteiger partial charge in [0.15, 0.2) is 0 Å². The van der Waals surface area contributed by atoms with Crippen LogP contribution >= 0.6 is 0 Å². The highest BCUT2D eigenvalue weighted by molar-refractivity contribution is 5.90. The highest BCUT2D eigenvalue weighted by Gasteiger charge is 2.04. The highest BCUT2D eigenvalue weighted by atomic mass is 16.5. The smallest absolute Gasteiger partial charge is 0.224 e. The summed E-state index contributed by atoms with van der Waals surface area (Å²) in [6.45, 7) is 3.72. The van der Waals surface area contributed by atoms with Gasteiger partial charge in [0.25, 0.3) is 0 Å². The van der Waals surface area contributed by atoms with Crippen LogP contribution in [0, 0.1) is 0 Å². The third kappa shape index (κ3) is 6.30. The monoisotopic (exact) mass is 328 g/mol. The Balaban J connectivity index is 1.75. The van der Waals surface area contributed by atoms with Crippen LogP contribution in [0.25, 0.3) is 0 Å². The molecule has 2 aromatic carbocycles. The van der Waals surface area contributed by atoms with Crippen LogP contribution < -0.4 is 15.8 Å². The first-order chi connectivity index (χ1) is 11.7. The van der Waals surface area contributed by atoms with Gasteiger partial charge in [0.1, 0.15) is 12.4 Å². The van der Waals surface area contributed by atoms with Crippen molar-refractivity contribution in [3.05, 3.63) is 54.1 Å². The molecule has 0 aliphatic rings. The van der Waals surface area contributed by atoms with Crippen molar-refractivity contribution in [2.45, 2.75) is 19.8 Å². The van der Waals surface area contributed by atoms with Gasteiger partial charge in [-0.1, -0.05) is 12.1 Å². The van der Waals surface area contributed by atoms with Gasteiger partial charge in [0, 0.05) is 24.4 Å². The quantitative estimate of drug-likeness (QED) is 0.547. The number of anilines is 2. The van der Waals surface area contributed by atoms with Crippen LogP contribution in [-0.4, -0.2) is 25.7 Å². The van der Waals surface area contributed by atoms with Gasteiger partial charge in [0.2, 0.25) is 5.91 Å². The van der Waals surface area contributed by atoms with Crippen molar-refractivity contribution in [3.8, 4) is 5.75 Å². The first kappa shape index (κ1) is 17.8. The molecule has 0 aliphatic carbocycles. The Kier molecular flexibility index (Phi) is 7.11. The molecule has 0 atom stereocenters. The summed E-state index contributed by atoms with van der Waals surface area (Å²) in [5.74, 6) is 0.731. The zero-order valence-electron chi connectivity index (χ0n) is 14.0. The van der Waals surface area contributed by atoms with Gasteiger partial charge in [-0.05, 0) is 55.3 Å². The third-order valence-corrected chi connectivity index (χ3v) is 3.43. The van der Waals surface area contributed by atoms with Gasteiger partial charge in [0.05, 0.1) is 6.61 Å². The minimum atomic E-state index is -0.0255. The molecule has 0 spiro atoms. The molecular formula is C19H24N2O3. The number of ether oxygens (including phenoxy) is 2. The van der Waals surface area contributed by atoms with Gasteiger partial charge in [-0.3, -0.25) is 4.79 Å². The SMILES string of the molecule is CCOCCOc1ccc(NC(=O)CCc2cccc(N)c2)cc1. The van der Waals surface area contributed by atoms with Crippen LogP contribution in [-0.2, 0) is 16.0 Å². The maximum Gasteiger partial charge on any atom is 0.224 e. The van der Waals surface area contributed by atoms with Gasteiger partial charge >= 0.3 is 0 Å². The predicted octanol–water partition coefficient (Wildman–Crippen LogP) is 3.26. The Morgan fingerprint density at radius 1 is 1.12 bits per heavy atom. The lowest BCUT2D eigenvalue weighted by atomic mass is 10.1. The molecule has 2 rings (SSSR count). The maximum absolute atomic E-state index is 12.0. The van der Waals surface area contributed by atoms with Crippen LogP contribution in [0.1, 0.15) is 18.9 Å². The Morgan fingerprint density at radius 2 is 1.92 bits per heavy atom. The topological polar surface area (TPSA) is 73.6 Å². The molecule has 1 amide bonds. The summed E-state index contributed by atoms with van der Waals surface area (Å²) in [6, 6.07) is 14.9. The second kappa shape index (κ2) is 9.57. The number of carbonyl (C=O) groups excluding carboxylic acids is 1. The molecule has 0 radical (unpaired) electrons. The number of hydrogen-bond acceptors (Lipinski definition) is 4. The molecule has 0 saturated carbocycles. The Bertz CT molecular complexity index is 641. The molecule has 0 bridgehead atoms. The Labute approximate surface area is 142 Å². The molecule has 0 saturated heterocycles. The molecule has 0 unspecified atom stereocenters. The van der Waals surface area contributed by atoms with Crippen LogP contribution in [0.2, 0.25) is 0 Å². The van der Waals surface area contributed by atoms with Crippen molar-refractivity contribution < 1.29 is 14.3 Å². The van der Waals surface area contributed by atoms with E-state index in [-0.39, 0.29) is 5.91 Å². The fourth-order valence-electron chi connectivity index (χ4n) is 2.23. The van der Waals surface area contributed by atoms with Gasteiger partial charge in [-0.2, -0.15) is 0 Å². The fourth-order valence-corrected chi connectivity index (χ4v) is 2.23. The number of nitrogens with two attached hydrogens (primary N) is 1. The van der Waals surface area contributed by atoms with Gasteiger partial charge in [-0.25, -0.2) is 0 Å². The second-order valence-corrected chi connectivity index (χ2v) is 5.36. The minimum absolute atomic E-state index is 0.0255. The summed E-state index contributed by atoms with van der Waals surface area (Å²) in [5, 5.41) is 2.88.